The molecule has 1 fully saturated rings. The van der Waals surface area contributed by atoms with Crippen LogP contribution >= 0.6 is 11.8 Å². The van der Waals surface area contributed by atoms with Crippen molar-refractivity contribution in [2.24, 2.45) is 0 Å². The number of hydrogen-bond acceptors (Lipinski definition) is 7. The van der Waals surface area contributed by atoms with E-state index in [0.29, 0.717) is 22.8 Å². The monoisotopic (exact) mass is 385 g/mol. The summed E-state index contributed by atoms with van der Waals surface area (Å²) in [7, 11) is 0. The zero-order chi connectivity index (χ0) is 18.5. The average molecular weight is 385 g/mol. The Hall–Kier alpha value is -2.51. The first kappa shape index (κ1) is 17.9. The summed E-state index contributed by atoms with van der Waals surface area (Å²) in [6, 6.07) is 12.7. The van der Waals surface area contributed by atoms with Crippen molar-refractivity contribution < 1.29 is 23.2 Å². The van der Waals surface area contributed by atoms with E-state index in [0.717, 1.165) is 30.1 Å². The molecule has 0 saturated carbocycles. The fourth-order valence-electron chi connectivity index (χ4n) is 2.85. The van der Waals surface area contributed by atoms with Crippen molar-refractivity contribution in [2.75, 3.05) is 12.4 Å². The van der Waals surface area contributed by atoms with Crippen LogP contribution < -0.4 is 0 Å². The maximum atomic E-state index is 12.5. The molecule has 6 nitrogen and oxygen atoms in total. The molecule has 0 amide bonds. The molecule has 0 spiro atoms. The molecule has 0 aliphatic carbocycles. The number of furan rings is 1. The first-order valence-electron chi connectivity index (χ1n) is 8.79. The molecule has 4 rings (SSSR count). The van der Waals surface area contributed by atoms with E-state index in [2.05, 4.69) is 5.16 Å². The topological polar surface area (TPSA) is 74.7 Å². The zero-order valence-electron chi connectivity index (χ0n) is 14.6. The molecule has 3 aromatic rings. The van der Waals surface area contributed by atoms with Gasteiger partial charge in [-0.25, -0.2) is 4.79 Å². The lowest BCUT2D eigenvalue weighted by molar-refractivity contribution is 0.0460. The van der Waals surface area contributed by atoms with E-state index >= 15 is 0 Å². The number of benzene rings is 1. The normalized spacial score (nSPS) is 16.5. The highest BCUT2D eigenvalue weighted by Crippen LogP contribution is 2.27. The first-order valence-corrected chi connectivity index (χ1v) is 9.78. The highest BCUT2D eigenvalue weighted by molar-refractivity contribution is 7.99. The van der Waals surface area contributed by atoms with Crippen molar-refractivity contribution in [1.29, 1.82) is 0 Å². The van der Waals surface area contributed by atoms with E-state index in [1.165, 1.54) is 0 Å². The van der Waals surface area contributed by atoms with Crippen LogP contribution in [0, 0.1) is 0 Å². The standard InChI is InChI=1S/C20H19NO5S/c22-20(25-12-14-11-18(26-21-14)17-7-4-10-24-17)16-6-1-2-8-19(16)27-13-15-5-3-9-23-15/h1-2,4,6-8,10-11,15H,3,5,9,12-13H2/t15-/m0/s1. The molecule has 140 valence electrons. The number of thioether (sulfide) groups is 1. The molecular formula is C20H19NO5S. The van der Waals surface area contributed by atoms with Crippen LogP contribution in [0.2, 0.25) is 0 Å². The van der Waals surface area contributed by atoms with Crippen LogP contribution in [0.15, 0.2) is 62.6 Å². The van der Waals surface area contributed by atoms with Gasteiger partial charge in [-0.05, 0) is 37.1 Å². The van der Waals surface area contributed by atoms with Crippen LogP contribution in [0.3, 0.4) is 0 Å². The van der Waals surface area contributed by atoms with Crippen molar-refractivity contribution in [3.8, 4) is 11.5 Å². The lowest BCUT2D eigenvalue weighted by Gasteiger charge is -2.11. The molecule has 1 saturated heterocycles. The summed E-state index contributed by atoms with van der Waals surface area (Å²) in [6.45, 7) is 0.861. The van der Waals surface area contributed by atoms with Gasteiger partial charge in [0.1, 0.15) is 12.3 Å². The van der Waals surface area contributed by atoms with Gasteiger partial charge in [0.05, 0.1) is 17.9 Å². The summed E-state index contributed by atoms with van der Waals surface area (Å²) in [5.74, 6) is 1.53. The van der Waals surface area contributed by atoms with Gasteiger partial charge in [-0.15, -0.1) is 11.8 Å². The molecule has 0 N–H and O–H groups in total. The van der Waals surface area contributed by atoms with E-state index in [1.807, 2.05) is 18.2 Å². The van der Waals surface area contributed by atoms with Crippen LogP contribution in [0.5, 0.6) is 0 Å². The number of hydrogen-bond donors (Lipinski definition) is 0. The maximum Gasteiger partial charge on any atom is 0.339 e. The quantitative estimate of drug-likeness (QED) is 0.436. The second kappa shape index (κ2) is 8.45. The molecule has 0 unspecified atom stereocenters. The molecule has 2 aromatic heterocycles. The molecule has 3 heterocycles. The Labute approximate surface area is 160 Å². The van der Waals surface area contributed by atoms with Crippen LogP contribution in [0.25, 0.3) is 11.5 Å². The predicted octanol–water partition coefficient (Wildman–Crippen LogP) is 4.56. The minimum atomic E-state index is -0.381. The minimum absolute atomic E-state index is 0.0355. The fourth-order valence-corrected chi connectivity index (χ4v) is 3.96. The molecule has 1 aliphatic rings. The third-order valence-corrected chi connectivity index (χ3v) is 5.44. The van der Waals surface area contributed by atoms with Gasteiger partial charge in [0.15, 0.2) is 5.76 Å². The van der Waals surface area contributed by atoms with Crippen molar-refractivity contribution in [1.82, 2.24) is 5.16 Å². The van der Waals surface area contributed by atoms with Gasteiger partial charge in [0.2, 0.25) is 5.76 Å². The minimum Gasteiger partial charge on any atom is -0.461 e. The van der Waals surface area contributed by atoms with Crippen molar-refractivity contribution in [3.05, 3.63) is 60.0 Å². The lowest BCUT2D eigenvalue weighted by Crippen LogP contribution is -2.10. The zero-order valence-corrected chi connectivity index (χ0v) is 15.4. The highest BCUT2D eigenvalue weighted by atomic mass is 32.2. The fraction of sp³-hybridized carbons (Fsp3) is 0.300. The summed E-state index contributed by atoms with van der Waals surface area (Å²) in [4.78, 5) is 13.4. The van der Waals surface area contributed by atoms with Crippen LogP contribution in [0.1, 0.15) is 28.9 Å². The smallest absolute Gasteiger partial charge is 0.339 e. The third-order valence-electron chi connectivity index (χ3n) is 4.23. The summed E-state index contributed by atoms with van der Waals surface area (Å²) in [5, 5.41) is 3.91. The number of carbonyl (C=O) groups excluding carboxylic acids is 1. The van der Waals surface area contributed by atoms with Gasteiger partial charge in [0.25, 0.3) is 0 Å². The molecule has 0 bridgehead atoms. The van der Waals surface area contributed by atoms with Gasteiger partial charge in [-0.2, -0.15) is 0 Å². The van der Waals surface area contributed by atoms with Crippen molar-refractivity contribution in [2.45, 2.75) is 30.4 Å². The average Bonchev–Trinajstić information content (AvgIpc) is 3.47. The van der Waals surface area contributed by atoms with E-state index in [9.17, 15) is 4.79 Å². The highest BCUT2D eigenvalue weighted by Gasteiger charge is 2.19. The van der Waals surface area contributed by atoms with Gasteiger partial charge in [-0.1, -0.05) is 17.3 Å². The van der Waals surface area contributed by atoms with Crippen LogP contribution in [-0.2, 0) is 16.1 Å². The third kappa shape index (κ3) is 4.43. The molecule has 1 aliphatic heterocycles. The molecule has 27 heavy (non-hydrogen) atoms. The molecule has 0 radical (unpaired) electrons. The Morgan fingerprint density at radius 2 is 2.15 bits per heavy atom. The van der Waals surface area contributed by atoms with Crippen molar-refractivity contribution >= 4 is 17.7 Å². The van der Waals surface area contributed by atoms with E-state index in [4.69, 9.17) is 18.4 Å². The maximum absolute atomic E-state index is 12.5. The number of carbonyl (C=O) groups is 1. The molecular weight excluding hydrogens is 366 g/mol. The largest absolute Gasteiger partial charge is 0.461 e. The molecule has 1 aromatic carbocycles. The van der Waals surface area contributed by atoms with Gasteiger partial charge < -0.3 is 18.4 Å². The summed E-state index contributed by atoms with van der Waals surface area (Å²) < 4.78 is 21.5. The summed E-state index contributed by atoms with van der Waals surface area (Å²) in [5.41, 5.74) is 1.08. The van der Waals surface area contributed by atoms with Crippen LogP contribution in [-0.4, -0.2) is 29.6 Å². The van der Waals surface area contributed by atoms with Gasteiger partial charge in [0, 0.05) is 23.3 Å². The summed E-state index contributed by atoms with van der Waals surface area (Å²) in [6.07, 6.45) is 3.99. The Balaban J connectivity index is 1.36. The summed E-state index contributed by atoms with van der Waals surface area (Å²) >= 11 is 1.62. The van der Waals surface area contributed by atoms with Crippen LogP contribution in [0.4, 0.5) is 0 Å². The number of ether oxygens (including phenoxy) is 2. The van der Waals surface area contributed by atoms with E-state index < -0.39 is 0 Å². The first-order chi connectivity index (χ1) is 13.3. The number of rotatable bonds is 7. The number of aromatic nitrogens is 1. The Morgan fingerprint density at radius 1 is 1.22 bits per heavy atom. The Bertz CT molecular complexity index is 883. The van der Waals surface area contributed by atoms with E-state index in [-0.39, 0.29) is 18.7 Å². The van der Waals surface area contributed by atoms with Gasteiger partial charge in [-0.3, -0.25) is 0 Å². The lowest BCUT2D eigenvalue weighted by atomic mass is 10.2. The number of esters is 1. The second-order valence-corrected chi connectivity index (χ2v) is 7.24. The second-order valence-electron chi connectivity index (χ2n) is 6.18. The van der Waals surface area contributed by atoms with Gasteiger partial charge >= 0.3 is 5.97 Å². The van der Waals surface area contributed by atoms with Crippen molar-refractivity contribution in [3.63, 3.8) is 0 Å². The SMILES string of the molecule is O=C(OCc1cc(-c2ccco2)on1)c1ccccc1SC[C@@H]1CCCO1. The predicted molar refractivity (Wildman–Crippen MR) is 99.5 cm³/mol. The Morgan fingerprint density at radius 3 is 2.96 bits per heavy atom. The Kier molecular flexibility index (Phi) is 5.60. The van der Waals surface area contributed by atoms with E-state index in [1.54, 1.807) is 42.3 Å². The number of nitrogens with zero attached hydrogens (tertiary/aromatic N) is 1. The molecule has 7 heteroatoms. The molecule has 1 atom stereocenters.